The Morgan fingerprint density at radius 1 is 1.86 bits per heavy atom. The summed E-state index contributed by atoms with van der Waals surface area (Å²) in [6, 6.07) is 0.0761. The zero-order valence-corrected chi connectivity index (χ0v) is 8.80. The monoisotopic (exact) mass is 211 g/mol. The van der Waals surface area contributed by atoms with Crippen molar-refractivity contribution in [3.8, 4) is 0 Å². The maximum atomic E-state index is 11.4. The van der Waals surface area contributed by atoms with Crippen LogP contribution >= 0.6 is 11.3 Å². The van der Waals surface area contributed by atoms with E-state index in [0.29, 0.717) is 6.54 Å². The maximum absolute atomic E-state index is 11.4. The summed E-state index contributed by atoms with van der Waals surface area (Å²) < 4.78 is 0. The molecule has 76 valence electrons. The zero-order chi connectivity index (χ0) is 10.1. The van der Waals surface area contributed by atoms with Crippen molar-refractivity contribution in [3.05, 3.63) is 16.1 Å². The third-order valence-corrected chi connectivity index (χ3v) is 3.11. The van der Waals surface area contributed by atoms with Gasteiger partial charge in [0.25, 0.3) is 0 Å². The van der Waals surface area contributed by atoms with Crippen LogP contribution in [0.1, 0.15) is 17.1 Å². The largest absolute Gasteiger partial charge is 0.350 e. The first-order valence-electron chi connectivity index (χ1n) is 4.61. The number of aryl methyl sites for hydroxylation is 1. The number of nitrogens with two attached hydrogens (primary N) is 1. The molecule has 0 spiro atoms. The van der Waals surface area contributed by atoms with Crippen LogP contribution in [0.3, 0.4) is 0 Å². The number of aromatic nitrogens is 1. The second-order valence-electron chi connectivity index (χ2n) is 3.58. The van der Waals surface area contributed by atoms with Crippen LogP contribution in [0, 0.1) is 12.8 Å². The molecule has 2 unspecified atom stereocenters. The highest BCUT2D eigenvalue weighted by molar-refractivity contribution is 7.09. The predicted octanol–water partition coefficient (Wildman–Crippen LogP) is 0.415. The van der Waals surface area contributed by atoms with Crippen LogP contribution in [0.2, 0.25) is 0 Å². The minimum Gasteiger partial charge on any atom is -0.350 e. The molecule has 2 atom stereocenters. The van der Waals surface area contributed by atoms with Gasteiger partial charge in [0.15, 0.2) is 0 Å². The molecule has 1 aromatic heterocycles. The summed E-state index contributed by atoms with van der Waals surface area (Å²) in [5.41, 5.74) is 6.49. The fourth-order valence-corrected chi connectivity index (χ4v) is 1.93. The first kappa shape index (κ1) is 9.61. The molecule has 0 radical (unpaired) electrons. The lowest BCUT2D eigenvalue weighted by atomic mass is 10.3. The van der Waals surface area contributed by atoms with E-state index in [-0.39, 0.29) is 17.9 Å². The highest BCUT2D eigenvalue weighted by atomic mass is 32.1. The lowest BCUT2D eigenvalue weighted by Gasteiger charge is -2.00. The Balaban J connectivity index is 1.80. The third kappa shape index (κ3) is 2.10. The van der Waals surface area contributed by atoms with Crippen molar-refractivity contribution in [1.82, 2.24) is 10.3 Å². The van der Waals surface area contributed by atoms with Gasteiger partial charge in [-0.15, -0.1) is 11.3 Å². The Morgan fingerprint density at radius 3 is 3.07 bits per heavy atom. The van der Waals surface area contributed by atoms with Crippen molar-refractivity contribution in [1.29, 1.82) is 0 Å². The molecule has 0 aliphatic heterocycles. The van der Waals surface area contributed by atoms with Crippen LogP contribution < -0.4 is 11.1 Å². The molecule has 1 fully saturated rings. The molecular weight excluding hydrogens is 198 g/mol. The number of hydrogen-bond donors (Lipinski definition) is 2. The minimum atomic E-state index is 0.0368. The van der Waals surface area contributed by atoms with E-state index in [0.717, 1.165) is 17.1 Å². The molecule has 5 heteroatoms. The lowest BCUT2D eigenvalue weighted by molar-refractivity contribution is -0.122. The molecule has 3 N–H and O–H groups in total. The second-order valence-corrected chi connectivity index (χ2v) is 4.64. The fraction of sp³-hybridized carbons (Fsp3) is 0.556. The van der Waals surface area contributed by atoms with E-state index >= 15 is 0 Å². The first-order chi connectivity index (χ1) is 6.66. The van der Waals surface area contributed by atoms with E-state index in [1.807, 2.05) is 12.3 Å². The van der Waals surface area contributed by atoms with E-state index in [9.17, 15) is 4.79 Å². The van der Waals surface area contributed by atoms with Crippen molar-refractivity contribution in [2.24, 2.45) is 11.7 Å². The number of amides is 1. The van der Waals surface area contributed by atoms with Crippen molar-refractivity contribution in [2.75, 3.05) is 0 Å². The Kier molecular flexibility index (Phi) is 2.52. The summed E-state index contributed by atoms with van der Waals surface area (Å²) in [4.78, 5) is 15.6. The van der Waals surface area contributed by atoms with E-state index in [1.54, 1.807) is 11.3 Å². The Morgan fingerprint density at radius 2 is 2.57 bits per heavy atom. The summed E-state index contributed by atoms with van der Waals surface area (Å²) >= 11 is 1.59. The maximum Gasteiger partial charge on any atom is 0.225 e. The summed E-state index contributed by atoms with van der Waals surface area (Å²) in [5, 5.41) is 5.82. The average molecular weight is 211 g/mol. The van der Waals surface area contributed by atoms with Gasteiger partial charge in [-0.1, -0.05) is 0 Å². The van der Waals surface area contributed by atoms with E-state index in [2.05, 4.69) is 10.3 Å². The summed E-state index contributed by atoms with van der Waals surface area (Å²) in [7, 11) is 0. The fourth-order valence-electron chi connectivity index (χ4n) is 1.31. The second kappa shape index (κ2) is 3.67. The Hall–Kier alpha value is -0.940. The van der Waals surface area contributed by atoms with Gasteiger partial charge >= 0.3 is 0 Å². The van der Waals surface area contributed by atoms with Gasteiger partial charge in [0.05, 0.1) is 23.2 Å². The van der Waals surface area contributed by atoms with E-state index in [1.165, 1.54) is 0 Å². The molecule has 14 heavy (non-hydrogen) atoms. The van der Waals surface area contributed by atoms with Crippen molar-refractivity contribution in [2.45, 2.75) is 25.9 Å². The van der Waals surface area contributed by atoms with Gasteiger partial charge in [-0.2, -0.15) is 0 Å². The third-order valence-electron chi connectivity index (χ3n) is 2.29. The molecular formula is C9H13N3OS. The normalized spacial score (nSPS) is 24.7. The molecule has 1 heterocycles. The molecule has 0 aromatic carbocycles. The molecule has 0 saturated heterocycles. The standard InChI is InChI=1S/C9H13N3OS/c1-5-12-6(4-14-5)3-11-9(13)7-2-8(7)10/h4,7-8H,2-3,10H2,1H3,(H,11,13). The van der Waals surface area contributed by atoms with Gasteiger partial charge in [0.2, 0.25) is 5.91 Å². The van der Waals surface area contributed by atoms with Crippen molar-refractivity contribution < 1.29 is 4.79 Å². The van der Waals surface area contributed by atoms with E-state index < -0.39 is 0 Å². The molecule has 1 amide bonds. The number of nitrogens with zero attached hydrogens (tertiary/aromatic N) is 1. The molecule has 0 bridgehead atoms. The number of hydrogen-bond acceptors (Lipinski definition) is 4. The number of carbonyl (C=O) groups excluding carboxylic acids is 1. The van der Waals surface area contributed by atoms with Crippen LogP contribution in [-0.4, -0.2) is 16.9 Å². The topological polar surface area (TPSA) is 68.0 Å². The molecule has 2 rings (SSSR count). The van der Waals surface area contributed by atoms with Gasteiger partial charge in [-0.05, 0) is 13.3 Å². The quantitative estimate of drug-likeness (QED) is 0.761. The van der Waals surface area contributed by atoms with Crippen molar-refractivity contribution in [3.63, 3.8) is 0 Å². The van der Waals surface area contributed by atoms with Crippen molar-refractivity contribution >= 4 is 17.2 Å². The van der Waals surface area contributed by atoms with Crippen LogP contribution in [0.4, 0.5) is 0 Å². The van der Waals surface area contributed by atoms with Gasteiger partial charge in [-0.3, -0.25) is 4.79 Å². The number of carbonyl (C=O) groups is 1. The predicted molar refractivity (Wildman–Crippen MR) is 54.8 cm³/mol. The van der Waals surface area contributed by atoms with Gasteiger partial charge in [0, 0.05) is 11.4 Å². The molecule has 1 aliphatic carbocycles. The average Bonchev–Trinajstić information content (AvgIpc) is 2.72. The van der Waals surface area contributed by atoms with Gasteiger partial charge in [-0.25, -0.2) is 4.98 Å². The van der Waals surface area contributed by atoms with Crippen LogP contribution in [-0.2, 0) is 11.3 Å². The number of rotatable bonds is 3. The zero-order valence-electron chi connectivity index (χ0n) is 7.99. The highest BCUT2D eigenvalue weighted by Crippen LogP contribution is 2.27. The number of thiazole rings is 1. The summed E-state index contributed by atoms with van der Waals surface area (Å²) in [6.45, 7) is 2.47. The lowest BCUT2D eigenvalue weighted by Crippen LogP contribution is -2.27. The van der Waals surface area contributed by atoms with E-state index in [4.69, 9.17) is 5.73 Å². The van der Waals surface area contributed by atoms with Crippen LogP contribution in [0.15, 0.2) is 5.38 Å². The number of nitrogens with one attached hydrogen (secondary N) is 1. The summed E-state index contributed by atoms with van der Waals surface area (Å²) in [6.07, 6.45) is 0.821. The Labute approximate surface area is 86.5 Å². The van der Waals surface area contributed by atoms with Crippen LogP contribution in [0.5, 0.6) is 0 Å². The highest BCUT2D eigenvalue weighted by Gasteiger charge is 2.39. The molecule has 1 aliphatic rings. The smallest absolute Gasteiger partial charge is 0.225 e. The Bertz CT molecular complexity index is 350. The SMILES string of the molecule is Cc1nc(CNC(=O)C2CC2N)cs1. The summed E-state index contributed by atoms with van der Waals surface area (Å²) in [5.74, 6) is 0.0953. The minimum absolute atomic E-state index is 0.0368. The van der Waals surface area contributed by atoms with Crippen LogP contribution in [0.25, 0.3) is 0 Å². The molecule has 1 aromatic rings. The van der Waals surface area contributed by atoms with Gasteiger partial charge < -0.3 is 11.1 Å². The first-order valence-corrected chi connectivity index (χ1v) is 5.49. The molecule has 1 saturated carbocycles. The molecule has 4 nitrogen and oxygen atoms in total. The van der Waals surface area contributed by atoms with Gasteiger partial charge in [0.1, 0.15) is 0 Å².